The Morgan fingerprint density at radius 3 is 2.27 bits per heavy atom. The Morgan fingerprint density at radius 2 is 1.77 bits per heavy atom. The zero-order chi connectivity index (χ0) is 16.8. The summed E-state index contributed by atoms with van der Waals surface area (Å²) in [5.41, 5.74) is 1.40. The molecule has 0 aromatic heterocycles. The summed E-state index contributed by atoms with van der Waals surface area (Å²) < 4.78 is 26.0. The number of amides is 1. The molecule has 0 spiro atoms. The molecular formula is C16H25NO3S2. The van der Waals surface area contributed by atoms with Crippen LogP contribution in [-0.4, -0.2) is 25.8 Å². The molecule has 0 radical (unpaired) electrons. The van der Waals surface area contributed by atoms with Crippen LogP contribution in [-0.2, 0) is 15.8 Å². The summed E-state index contributed by atoms with van der Waals surface area (Å²) in [6, 6.07) is 7.05. The molecule has 0 fully saturated rings. The van der Waals surface area contributed by atoms with Crippen molar-refractivity contribution >= 4 is 27.7 Å². The second-order valence-corrected chi connectivity index (χ2v) is 9.51. The highest BCUT2D eigenvalue weighted by Crippen LogP contribution is 2.19. The fourth-order valence-corrected chi connectivity index (χ4v) is 3.68. The predicted molar refractivity (Wildman–Crippen MR) is 93.6 cm³/mol. The monoisotopic (exact) mass is 343 g/mol. The third-order valence-corrected chi connectivity index (χ3v) is 5.24. The van der Waals surface area contributed by atoms with Crippen molar-refractivity contribution in [1.29, 1.82) is 0 Å². The molecule has 0 aliphatic rings. The highest BCUT2D eigenvalue weighted by molar-refractivity contribution is 7.98. The van der Waals surface area contributed by atoms with Crippen LogP contribution in [0, 0.1) is 5.41 Å². The lowest BCUT2D eigenvalue weighted by Gasteiger charge is -2.17. The van der Waals surface area contributed by atoms with Gasteiger partial charge in [0.05, 0.1) is 5.75 Å². The summed E-state index contributed by atoms with van der Waals surface area (Å²) in [6.07, 6.45) is 0.503. The SMILES string of the molecule is CCSCc1ccc(C(=O)NS(=O)(=O)CCC(C)(C)C)cc1. The zero-order valence-electron chi connectivity index (χ0n) is 13.7. The lowest BCUT2D eigenvalue weighted by molar-refractivity contribution is 0.0981. The van der Waals surface area contributed by atoms with Gasteiger partial charge in [0.1, 0.15) is 0 Å². The van der Waals surface area contributed by atoms with E-state index in [1.54, 1.807) is 23.9 Å². The van der Waals surface area contributed by atoms with Crippen LogP contribution in [0.2, 0.25) is 0 Å². The molecule has 0 heterocycles. The summed E-state index contributed by atoms with van der Waals surface area (Å²) >= 11 is 1.80. The Labute approximate surface area is 138 Å². The summed E-state index contributed by atoms with van der Waals surface area (Å²) in [4.78, 5) is 12.0. The molecule has 1 aromatic carbocycles. The van der Waals surface area contributed by atoms with Gasteiger partial charge in [-0.1, -0.05) is 39.8 Å². The van der Waals surface area contributed by atoms with Gasteiger partial charge in [-0.15, -0.1) is 0 Å². The summed E-state index contributed by atoms with van der Waals surface area (Å²) in [5, 5.41) is 0. The van der Waals surface area contributed by atoms with E-state index >= 15 is 0 Å². The fourth-order valence-electron chi connectivity index (χ4n) is 1.66. The number of nitrogens with one attached hydrogen (secondary N) is 1. The van der Waals surface area contributed by atoms with Crippen molar-refractivity contribution in [2.45, 2.75) is 39.9 Å². The molecule has 0 saturated carbocycles. The van der Waals surface area contributed by atoms with E-state index in [0.29, 0.717) is 12.0 Å². The van der Waals surface area contributed by atoms with Gasteiger partial charge in [-0.2, -0.15) is 11.8 Å². The van der Waals surface area contributed by atoms with Crippen molar-refractivity contribution in [3.05, 3.63) is 35.4 Å². The lowest BCUT2D eigenvalue weighted by atomic mass is 9.94. The summed E-state index contributed by atoms with van der Waals surface area (Å²) in [6.45, 7) is 8.00. The van der Waals surface area contributed by atoms with E-state index < -0.39 is 15.9 Å². The molecule has 1 N–H and O–H groups in total. The number of rotatable bonds is 7. The van der Waals surface area contributed by atoms with Gasteiger partial charge in [-0.25, -0.2) is 13.1 Å². The predicted octanol–water partition coefficient (Wildman–Crippen LogP) is 3.44. The van der Waals surface area contributed by atoms with Gasteiger partial charge in [-0.3, -0.25) is 4.79 Å². The third kappa shape index (κ3) is 7.31. The molecule has 0 atom stereocenters. The Morgan fingerprint density at radius 1 is 1.18 bits per heavy atom. The Bertz CT molecular complexity index is 587. The van der Waals surface area contributed by atoms with E-state index in [4.69, 9.17) is 0 Å². The Kier molecular flexibility index (Phi) is 6.94. The van der Waals surface area contributed by atoms with Gasteiger partial charge in [0.15, 0.2) is 0 Å². The van der Waals surface area contributed by atoms with Crippen LogP contribution in [0.25, 0.3) is 0 Å². The number of benzene rings is 1. The number of carbonyl (C=O) groups excluding carboxylic acids is 1. The molecule has 1 amide bonds. The molecule has 22 heavy (non-hydrogen) atoms. The number of thioether (sulfide) groups is 1. The van der Waals surface area contributed by atoms with Crippen molar-refractivity contribution in [3.8, 4) is 0 Å². The van der Waals surface area contributed by atoms with E-state index in [1.807, 2.05) is 32.9 Å². The summed E-state index contributed by atoms with van der Waals surface area (Å²) in [5.74, 6) is 1.31. The van der Waals surface area contributed by atoms with E-state index in [-0.39, 0.29) is 11.2 Å². The standard InChI is InChI=1S/C16H25NO3S2/c1-5-21-12-13-6-8-14(9-7-13)15(18)17-22(19,20)11-10-16(2,3)4/h6-9H,5,10-12H2,1-4H3,(H,17,18). The minimum absolute atomic E-state index is 0.0482. The van der Waals surface area contributed by atoms with Gasteiger partial charge >= 0.3 is 0 Å². The van der Waals surface area contributed by atoms with Gasteiger partial charge in [-0.05, 0) is 35.3 Å². The highest BCUT2D eigenvalue weighted by atomic mass is 32.2. The first kappa shape index (κ1) is 19.0. The number of sulfonamides is 1. The van der Waals surface area contributed by atoms with Crippen molar-refractivity contribution < 1.29 is 13.2 Å². The quantitative estimate of drug-likeness (QED) is 0.824. The minimum Gasteiger partial charge on any atom is -0.268 e. The average molecular weight is 344 g/mol. The fraction of sp³-hybridized carbons (Fsp3) is 0.562. The number of hydrogen-bond acceptors (Lipinski definition) is 4. The first-order valence-electron chi connectivity index (χ1n) is 7.34. The molecule has 0 unspecified atom stereocenters. The smallest absolute Gasteiger partial charge is 0.264 e. The van der Waals surface area contributed by atoms with Crippen LogP contribution in [0.1, 0.15) is 50.0 Å². The largest absolute Gasteiger partial charge is 0.268 e. The van der Waals surface area contributed by atoms with Crippen molar-refractivity contribution in [2.75, 3.05) is 11.5 Å². The van der Waals surface area contributed by atoms with Crippen molar-refractivity contribution in [3.63, 3.8) is 0 Å². The maximum atomic E-state index is 12.0. The molecule has 0 saturated heterocycles. The Balaban J connectivity index is 2.64. The number of hydrogen-bond donors (Lipinski definition) is 1. The van der Waals surface area contributed by atoms with E-state index in [9.17, 15) is 13.2 Å². The van der Waals surface area contributed by atoms with Gasteiger partial charge in [0, 0.05) is 11.3 Å². The topological polar surface area (TPSA) is 63.2 Å². The molecule has 0 bridgehead atoms. The molecule has 0 aliphatic heterocycles. The van der Waals surface area contributed by atoms with Crippen LogP contribution in [0.3, 0.4) is 0 Å². The highest BCUT2D eigenvalue weighted by Gasteiger charge is 2.20. The maximum Gasteiger partial charge on any atom is 0.264 e. The Hall–Kier alpha value is -1.01. The van der Waals surface area contributed by atoms with E-state index in [2.05, 4.69) is 11.6 Å². The first-order chi connectivity index (χ1) is 10.1. The third-order valence-electron chi connectivity index (χ3n) is 3.06. The molecule has 4 nitrogen and oxygen atoms in total. The minimum atomic E-state index is -3.59. The van der Waals surface area contributed by atoms with Crippen LogP contribution in [0.5, 0.6) is 0 Å². The van der Waals surface area contributed by atoms with Gasteiger partial charge < -0.3 is 0 Å². The second kappa shape index (κ2) is 8.02. The van der Waals surface area contributed by atoms with E-state index in [0.717, 1.165) is 17.1 Å². The molecule has 1 rings (SSSR count). The lowest BCUT2D eigenvalue weighted by Crippen LogP contribution is -2.33. The molecule has 124 valence electrons. The first-order valence-corrected chi connectivity index (χ1v) is 10.2. The van der Waals surface area contributed by atoms with Gasteiger partial charge in [0.25, 0.3) is 5.91 Å². The molecular weight excluding hydrogens is 318 g/mol. The van der Waals surface area contributed by atoms with E-state index in [1.165, 1.54) is 0 Å². The zero-order valence-corrected chi connectivity index (χ0v) is 15.3. The number of carbonyl (C=O) groups is 1. The van der Waals surface area contributed by atoms with Crippen LogP contribution in [0.15, 0.2) is 24.3 Å². The summed E-state index contributed by atoms with van der Waals surface area (Å²) in [7, 11) is -3.59. The maximum absolute atomic E-state index is 12.0. The van der Waals surface area contributed by atoms with Crippen LogP contribution in [0.4, 0.5) is 0 Å². The van der Waals surface area contributed by atoms with Crippen LogP contribution >= 0.6 is 11.8 Å². The van der Waals surface area contributed by atoms with Crippen LogP contribution < -0.4 is 4.72 Å². The molecule has 1 aromatic rings. The molecule has 0 aliphatic carbocycles. The average Bonchev–Trinajstić information content (AvgIpc) is 2.42. The van der Waals surface area contributed by atoms with Gasteiger partial charge in [0.2, 0.25) is 10.0 Å². The second-order valence-electron chi connectivity index (χ2n) is 6.39. The molecule has 6 heteroatoms. The normalized spacial score (nSPS) is 12.2. The van der Waals surface area contributed by atoms with Crippen molar-refractivity contribution in [2.24, 2.45) is 5.41 Å². The van der Waals surface area contributed by atoms with Crippen molar-refractivity contribution in [1.82, 2.24) is 4.72 Å².